The zero-order chi connectivity index (χ0) is 43.1. The normalized spacial score (nSPS) is 12.2. The highest BCUT2D eigenvalue weighted by atomic mass is 15.2. The van der Waals surface area contributed by atoms with Gasteiger partial charge in [-0.2, -0.15) is 0 Å². The molecule has 4 aromatic heterocycles. The molecule has 64 heavy (non-hydrogen) atoms. The van der Waals surface area contributed by atoms with Gasteiger partial charge in [0.05, 0.1) is 44.5 Å². The Hall–Kier alpha value is -7.82. The Morgan fingerprint density at radius 2 is 0.750 bits per heavy atom. The third-order valence-electron chi connectivity index (χ3n) is 14.7. The van der Waals surface area contributed by atoms with Gasteiger partial charge < -0.3 is 18.6 Å². The molecular formula is C60H46N4. The summed E-state index contributed by atoms with van der Waals surface area (Å²) in [6.07, 6.45) is 0. The Morgan fingerprint density at radius 1 is 0.297 bits per heavy atom. The summed E-state index contributed by atoms with van der Waals surface area (Å²) < 4.78 is 5.09. The van der Waals surface area contributed by atoms with E-state index in [0.29, 0.717) is 0 Å². The fourth-order valence-corrected chi connectivity index (χ4v) is 11.2. The summed E-state index contributed by atoms with van der Waals surface area (Å²) in [6.45, 7) is 13.4. The number of fused-ring (bicyclic) bond motifs is 12. The first kappa shape index (κ1) is 36.8. The molecule has 0 spiro atoms. The largest absolute Gasteiger partial charge is 0.310 e. The highest BCUT2D eigenvalue weighted by molar-refractivity contribution is 6.32. The second-order valence-corrected chi connectivity index (χ2v) is 18.0. The summed E-state index contributed by atoms with van der Waals surface area (Å²) in [5, 5.41) is 10.1. The lowest BCUT2D eigenvalue weighted by Gasteiger charge is -2.29. The molecule has 0 N–H and O–H groups in total. The van der Waals surface area contributed by atoms with Crippen LogP contribution in [0.3, 0.4) is 0 Å². The van der Waals surface area contributed by atoms with Crippen LogP contribution in [0.2, 0.25) is 0 Å². The number of aromatic nitrogens is 2. The predicted molar refractivity (Wildman–Crippen MR) is 274 cm³/mol. The van der Waals surface area contributed by atoms with E-state index in [0.717, 1.165) is 11.4 Å². The van der Waals surface area contributed by atoms with Crippen LogP contribution in [0.25, 0.3) is 76.2 Å². The van der Waals surface area contributed by atoms with Crippen molar-refractivity contribution in [3.63, 3.8) is 0 Å². The summed E-state index contributed by atoms with van der Waals surface area (Å²) in [4.78, 5) is 4.95. The lowest BCUT2D eigenvalue weighted by atomic mass is 9.99. The van der Waals surface area contributed by atoms with Crippen LogP contribution in [0.15, 0.2) is 170 Å². The lowest BCUT2D eigenvalue weighted by molar-refractivity contribution is 1.20. The van der Waals surface area contributed by atoms with Gasteiger partial charge in [0.2, 0.25) is 0 Å². The topological polar surface area (TPSA) is 15.3 Å². The van der Waals surface area contributed by atoms with E-state index in [-0.39, 0.29) is 0 Å². The fourth-order valence-electron chi connectivity index (χ4n) is 11.2. The summed E-state index contributed by atoms with van der Waals surface area (Å²) >= 11 is 0. The standard InChI is InChI=1S/C60H46N4/c1-35-25-28-50(40(6)39(35)5)62(42-19-11-8-12-20-42)54-30-27-45-49-34-55-48(33-56(49)64-52-24-16-14-22-47(52)58(54)60(45)64)44-26-29-53(57-46-21-13-15-23-51(46)63(55)59(44)57)61(41-17-9-7-10-18-41)43-31-36(2)38(4)37(3)32-43/h7-34H,1-6H3. The molecular weight excluding hydrogens is 777 g/mol. The molecule has 0 saturated heterocycles. The Bertz CT molecular complexity index is 4000. The Balaban J connectivity index is 1.12. The van der Waals surface area contributed by atoms with Gasteiger partial charge in [0.1, 0.15) is 0 Å². The molecule has 0 unspecified atom stereocenters. The molecule has 0 radical (unpaired) electrons. The van der Waals surface area contributed by atoms with Crippen LogP contribution in [0.1, 0.15) is 33.4 Å². The van der Waals surface area contributed by atoms with Gasteiger partial charge >= 0.3 is 0 Å². The van der Waals surface area contributed by atoms with Gasteiger partial charge in [0, 0.05) is 65.8 Å². The molecule has 0 amide bonds. The maximum Gasteiger partial charge on any atom is 0.0641 e. The molecule has 4 heterocycles. The van der Waals surface area contributed by atoms with Crippen LogP contribution in [0, 0.1) is 41.5 Å². The van der Waals surface area contributed by atoms with E-state index in [1.54, 1.807) is 0 Å². The van der Waals surface area contributed by atoms with Crippen LogP contribution >= 0.6 is 0 Å². The summed E-state index contributed by atoms with van der Waals surface area (Å²) in [5.74, 6) is 0. The van der Waals surface area contributed by atoms with Gasteiger partial charge in [-0.3, -0.25) is 0 Å². The Morgan fingerprint density at radius 3 is 1.28 bits per heavy atom. The second-order valence-electron chi connectivity index (χ2n) is 18.0. The predicted octanol–water partition coefficient (Wildman–Crippen LogP) is 16.8. The van der Waals surface area contributed by atoms with Crippen LogP contribution in [-0.2, 0) is 0 Å². The van der Waals surface area contributed by atoms with Crippen LogP contribution in [0.5, 0.6) is 0 Å². The van der Waals surface area contributed by atoms with Crippen molar-refractivity contribution in [2.75, 3.05) is 9.80 Å². The SMILES string of the molecule is Cc1cc(N(c2ccccc2)c2ccc3c4cc5c(cc4n4c6ccccc6c2c34)c2ccc(N(c3ccccc3)c3ccc(C)c(C)c3C)c3c4ccccc4n5c23)cc(C)c1C. The summed E-state index contributed by atoms with van der Waals surface area (Å²) in [5.41, 5.74) is 22.3. The third-order valence-corrected chi connectivity index (χ3v) is 14.7. The van der Waals surface area contributed by atoms with Crippen molar-refractivity contribution in [1.82, 2.24) is 8.80 Å². The number of hydrogen-bond acceptors (Lipinski definition) is 2. The first-order chi connectivity index (χ1) is 31.3. The summed E-state index contributed by atoms with van der Waals surface area (Å²) in [6, 6.07) is 63.4. The van der Waals surface area contributed by atoms with Crippen LogP contribution < -0.4 is 9.80 Å². The van der Waals surface area contributed by atoms with Crippen molar-refractivity contribution in [3.8, 4) is 0 Å². The maximum absolute atomic E-state index is 2.55. The number of hydrogen-bond donors (Lipinski definition) is 0. The van der Waals surface area contributed by atoms with E-state index in [4.69, 9.17) is 0 Å². The van der Waals surface area contributed by atoms with E-state index in [1.165, 1.54) is 132 Å². The minimum atomic E-state index is 1.14. The van der Waals surface area contributed by atoms with Gasteiger partial charge in [-0.05, 0) is 154 Å². The number of benzene rings is 9. The first-order valence-corrected chi connectivity index (χ1v) is 22.5. The molecule has 13 aromatic rings. The number of aryl methyl sites for hydroxylation is 3. The smallest absolute Gasteiger partial charge is 0.0641 e. The van der Waals surface area contributed by atoms with Gasteiger partial charge in [-0.25, -0.2) is 0 Å². The third kappa shape index (κ3) is 4.88. The van der Waals surface area contributed by atoms with Gasteiger partial charge in [0.25, 0.3) is 0 Å². The van der Waals surface area contributed by atoms with Gasteiger partial charge in [-0.1, -0.05) is 91.0 Å². The maximum atomic E-state index is 2.55. The Labute approximate surface area is 372 Å². The minimum absolute atomic E-state index is 1.14. The minimum Gasteiger partial charge on any atom is -0.310 e. The van der Waals surface area contributed by atoms with Crippen molar-refractivity contribution in [2.45, 2.75) is 41.5 Å². The van der Waals surface area contributed by atoms with Crippen molar-refractivity contribution < 1.29 is 0 Å². The highest BCUT2D eigenvalue weighted by Crippen LogP contribution is 2.51. The lowest BCUT2D eigenvalue weighted by Crippen LogP contribution is -2.12. The van der Waals surface area contributed by atoms with E-state index >= 15 is 0 Å². The zero-order valence-corrected chi connectivity index (χ0v) is 37.0. The van der Waals surface area contributed by atoms with E-state index in [2.05, 4.69) is 230 Å². The molecule has 0 aliphatic rings. The quantitative estimate of drug-likeness (QED) is 0.166. The number of nitrogens with zero attached hydrogens (tertiary/aromatic N) is 4. The van der Waals surface area contributed by atoms with E-state index in [1.807, 2.05) is 0 Å². The van der Waals surface area contributed by atoms with Crippen molar-refractivity contribution >= 4 is 110 Å². The number of para-hydroxylation sites is 4. The summed E-state index contributed by atoms with van der Waals surface area (Å²) in [7, 11) is 0. The van der Waals surface area contributed by atoms with Crippen molar-refractivity contribution in [1.29, 1.82) is 0 Å². The second kappa shape index (κ2) is 13.3. The average Bonchev–Trinajstić information content (AvgIpc) is 4.05. The monoisotopic (exact) mass is 822 g/mol. The number of anilines is 6. The van der Waals surface area contributed by atoms with E-state index < -0.39 is 0 Å². The zero-order valence-electron chi connectivity index (χ0n) is 37.0. The molecule has 9 aromatic carbocycles. The Kier molecular flexibility index (Phi) is 7.67. The average molecular weight is 823 g/mol. The van der Waals surface area contributed by atoms with Gasteiger partial charge in [-0.15, -0.1) is 0 Å². The molecule has 306 valence electrons. The van der Waals surface area contributed by atoms with Crippen LogP contribution in [0.4, 0.5) is 34.1 Å². The van der Waals surface area contributed by atoms with Crippen molar-refractivity contribution in [2.24, 2.45) is 0 Å². The number of rotatable bonds is 6. The van der Waals surface area contributed by atoms with Crippen LogP contribution in [-0.4, -0.2) is 8.80 Å². The van der Waals surface area contributed by atoms with Gasteiger partial charge in [0.15, 0.2) is 0 Å². The molecule has 0 aliphatic heterocycles. The highest BCUT2D eigenvalue weighted by Gasteiger charge is 2.28. The van der Waals surface area contributed by atoms with E-state index in [9.17, 15) is 0 Å². The molecule has 0 aliphatic carbocycles. The van der Waals surface area contributed by atoms with Crippen molar-refractivity contribution in [3.05, 3.63) is 203 Å². The molecule has 4 nitrogen and oxygen atoms in total. The molecule has 0 saturated carbocycles. The molecule has 0 fully saturated rings. The fraction of sp³-hybridized carbons (Fsp3) is 0.100. The molecule has 0 atom stereocenters. The first-order valence-electron chi connectivity index (χ1n) is 22.5. The molecule has 4 heteroatoms. The molecule has 13 rings (SSSR count). The molecule has 0 bridgehead atoms.